The predicted octanol–water partition coefficient (Wildman–Crippen LogP) is 4.23. The van der Waals surface area contributed by atoms with Crippen LogP contribution in [0, 0.1) is 0 Å². The van der Waals surface area contributed by atoms with Gasteiger partial charge in [-0.2, -0.15) is 0 Å². The molecule has 2 aromatic carbocycles. The molecule has 0 saturated carbocycles. The van der Waals surface area contributed by atoms with Gasteiger partial charge in [0.05, 0.1) is 5.56 Å². The van der Waals surface area contributed by atoms with E-state index in [9.17, 15) is 4.79 Å². The van der Waals surface area contributed by atoms with Gasteiger partial charge in [-0.1, -0.05) is 50.2 Å². The van der Waals surface area contributed by atoms with Gasteiger partial charge in [-0.15, -0.1) is 24.2 Å². The van der Waals surface area contributed by atoms with E-state index in [-0.39, 0.29) is 24.4 Å². The molecule has 1 heterocycles. The first kappa shape index (κ1) is 19.8. The number of carbonyl (C=O) groups is 1. The summed E-state index contributed by atoms with van der Waals surface area (Å²) in [7, 11) is 0. The second kappa shape index (κ2) is 9.27. The highest BCUT2D eigenvalue weighted by Crippen LogP contribution is 2.27. The second-order valence-electron chi connectivity index (χ2n) is 6.33. The van der Waals surface area contributed by atoms with Crippen molar-refractivity contribution < 1.29 is 4.79 Å². The van der Waals surface area contributed by atoms with E-state index < -0.39 is 0 Å². The lowest BCUT2D eigenvalue weighted by Crippen LogP contribution is -2.39. The Morgan fingerprint density at radius 3 is 2.72 bits per heavy atom. The van der Waals surface area contributed by atoms with Gasteiger partial charge in [-0.3, -0.25) is 4.79 Å². The Morgan fingerprint density at radius 1 is 1.20 bits per heavy atom. The van der Waals surface area contributed by atoms with Gasteiger partial charge in [0.15, 0.2) is 0 Å². The molecular weight excluding hydrogens is 352 g/mol. The van der Waals surface area contributed by atoms with Crippen LogP contribution < -0.4 is 10.6 Å². The average molecular weight is 377 g/mol. The number of nitrogens with one attached hydrogen (secondary N) is 2. The van der Waals surface area contributed by atoms with E-state index in [1.165, 1.54) is 11.1 Å². The van der Waals surface area contributed by atoms with Crippen LogP contribution in [0.25, 0.3) is 0 Å². The molecule has 0 saturated heterocycles. The van der Waals surface area contributed by atoms with Gasteiger partial charge < -0.3 is 10.6 Å². The van der Waals surface area contributed by atoms with Crippen molar-refractivity contribution in [3.8, 4) is 0 Å². The zero-order valence-corrected chi connectivity index (χ0v) is 16.3. The molecule has 1 aliphatic heterocycles. The third kappa shape index (κ3) is 5.00. The first-order valence-electron chi connectivity index (χ1n) is 8.50. The number of benzene rings is 2. The highest BCUT2D eigenvalue weighted by Gasteiger charge is 2.20. The molecule has 0 spiro atoms. The molecule has 1 amide bonds. The highest BCUT2D eigenvalue weighted by molar-refractivity contribution is 8.00. The molecule has 5 heteroatoms. The number of hydrogen-bond donors (Lipinski definition) is 2. The van der Waals surface area contributed by atoms with E-state index in [0.29, 0.717) is 11.8 Å². The summed E-state index contributed by atoms with van der Waals surface area (Å²) >= 11 is 1.73. The van der Waals surface area contributed by atoms with Gasteiger partial charge in [0.2, 0.25) is 0 Å². The fourth-order valence-corrected chi connectivity index (χ4v) is 4.03. The fourth-order valence-electron chi connectivity index (χ4n) is 3.08. The first-order chi connectivity index (χ1) is 11.6. The van der Waals surface area contributed by atoms with Crippen molar-refractivity contribution in [2.75, 3.05) is 13.1 Å². The molecule has 0 radical (unpaired) electrons. The molecule has 134 valence electrons. The number of halogens is 1. The van der Waals surface area contributed by atoms with Gasteiger partial charge in [0.1, 0.15) is 0 Å². The molecular formula is C20H25ClN2OS. The third-order valence-electron chi connectivity index (χ3n) is 4.18. The monoisotopic (exact) mass is 376 g/mol. The summed E-state index contributed by atoms with van der Waals surface area (Å²) in [6, 6.07) is 16.5. The summed E-state index contributed by atoms with van der Waals surface area (Å²) in [6.45, 7) is 5.85. The van der Waals surface area contributed by atoms with Gasteiger partial charge in [-0.25, -0.2) is 0 Å². The van der Waals surface area contributed by atoms with Crippen LogP contribution in [-0.2, 0) is 6.42 Å². The molecule has 2 N–H and O–H groups in total. The summed E-state index contributed by atoms with van der Waals surface area (Å²) < 4.78 is 0. The van der Waals surface area contributed by atoms with E-state index in [0.717, 1.165) is 23.4 Å². The van der Waals surface area contributed by atoms with E-state index in [2.05, 4.69) is 48.7 Å². The Kier molecular flexibility index (Phi) is 7.36. The summed E-state index contributed by atoms with van der Waals surface area (Å²) in [6.07, 6.45) is 1.05. The van der Waals surface area contributed by atoms with Crippen LogP contribution in [0.5, 0.6) is 0 Å². The standard InChI is InChI=1S/C20H24N2OS.ClH/c1-14(2)24-19-10-6-5-9-17(19)20(23)22-13-18-16-8-4-3-7-15(16)11-12-21-18;/h3-10,14,18,21H,11-13H2,1-2H3,(H,22,23);1H. The molecule has 0 bridgehead atoms. The van der Waals surface area contributed by atoms with Gasteiger partial charge in [0.25, 0.3) is 5.91 Å². The minimum Gasteiger partial charge on any atom is -0.350 e. The topological polar surface area (TPSA) is 41.1 Å². The number of fused-ring (bicyclic) bond motifs is 1. The molecule has 2 aromatic rings. The lowest BCUT2D eigenvalue weighted by Gasteiger charge is -2.27. The van der Waals surface area contributed by atoms with Crippen LogP contribution >= 0.6 is 24.2 Å². The van der Waals surface area contributed by atoms with Crippen LogP contribution in [0.15, 0.2) is 53.4 Å². The lowest BCUT2D eigenvalue weighted by molar-refractivity contribution is 0.0946. The molecule has 0 aromatic heterocycles. The number of rotatable bonds is 5. The summed E-state index contributed by atoms with van der Waals surface area (Å²) in [5.41, 5.74) is 3.44. The largest absolute Gasteiger partial charge is 0.350 e. The Balaban J connectivity index is 0.00000225. The summed E-state index contributed by atoms with van der Waals surface area (Å²) in [5, 5.41) is 7.07. The molecule has 1 atom stereocenters. The Bertz CT molecular complexity index is 720. The zero-order valence-electron chi connectivity index (χ0n) is 14.6. The second-order valence-corrected chi connectivity index (χ2v) is 7.95. The van der Waals surface area contributed by atoms with E-state index in [1.54, 1.807) is 11.8 Å². The number of carbonyl (C=O) groups excluding carboxylic acids is 1. The van der Waals surface area contributed by atoms with Crippen LogP contribution in [0.1, 0.15) is 41.4 Å². The number of thioether (sulfide) groups is 1. The maximum Gasteiger partial charge on any atom is 0.252 e. The van der Waals surface area contributed by atoms with Gasteiger partial charge in [0, 0.05) is 22.7 Å². The van der Waals surface area contributed by atoms with Crippen molar-refractivity contribution in [1.82, 2.24) is 10.6 Å². The van der Waals surface area contributed by atoms with Crippen molar-refractivity contribution in [2.45, 2.75) is 36.5 Å². The number of amides is 1. The van der Waals surface area contributed by atoms with Crippen molar-refractivity contribution in [3.05, 3.63) is 65.2 Å². The SMILES string of the molecule is CC(C)Sc1ccccc1C(=O)NCC1NCCc2ccccc21.Cl. The normalized spacial score (nSPS) is 16.0. The van der Waals surface area contributed by atoms with Crippen LogP contribution in [0.2, 0.25) is 0 Å². The zero-order chi connectivity index (χ0) is 16.9. The molecule has 0 fully saturated rings. The molecule has 1 unspecified atom stereocenters. The quantitative estimate of drug-likeness (QED) is 0.767. The summed E-state index contributed by atoms with van der Waals surface area (Å²) in [5.74, 6) is 0.00334. The third-order valence-corrected chi connectivity index (χ3v) is 5.26. The Labute approximate surface area is 160 Å². The molecule has 25 heavy (non-hydrogen) atoms. The fraction of sp³-hybridized carbons (Fsp3) is 0.350. The Hall–Kier alpha value is -1.49. The first-order valence-corrected chi connectivity index (χ1v) is 9.38. The molecule has 3 rings (SSSR count). The smallest absolute Gasteiger partial charge is 0.252 e. The Morgan fingerprint density at radius 2 is 1.92 bits per heavy atom. The lowest BCUT2D eigenvalue weighted by atomic mass is 9.94. The summed E-state index contributed by atoms with van der Waals surface area (Å²) in [4.78, 5) is 13.7. The highest BCUT2D eigenvalue weighted by atomic mass is 35.5. The molecule has 1 aliphatic rings. The maximum atomic E-state index is 12.6. The van der Waals surface area contributed by atoms with E-state index in [4.69, 9.17) is 0 Å². The van der Waals surface area contributed by atoms with E-state index in [1.807, 2.05) is 24.3 Å². The number of hydrogen-bond acceptors (Lipinski definition) is 3. The minimum atomic E-state index is 0. The van der Waals surface area contributed by atoms with Gasteiger partial charge in [-0.05, 0) is 36.2 Å². The van der Waals surface area contributed by atoms with Crippen LogP contribution in [-0.4, -0.2) is 24.2 Å². The van der Waals surface area contributed by atoms with Crippen molar-refractivity contribution in [1.29, 1.82) is 0 Å². The molecule has 3 nitrogen and oxygen atoms in total. The molecule has 0 aliphatic carbocycles. The van der Waals surface area contributed by atoms with Crippen molar-refractivity contribution >= 4 is 30.1 Å². The van der Waals surface area contributed by atoms with Crippen molar-refractivity contribution in [2.24, 2.45) is 0 Å². The van der Waals surface area contributed by atoms with Crippen LogP contribution in [0.4, 0.5) is 0 Å². The minimum absolute atomic E-state index is 0. The van der Waals surface area contributed by atoms with Crippen LogP contribution in [0.3, 0.4) is 0 Å². The predicted molar refractivity (Wildman–Crippen MR) is 108 cm³/mol. The van der Waals surface area contributed by atoms with Gasteiger partial charge >= 0.3 is 0 Å². The average Bonchev–Trinajstić information content (AvgIpc) is 2.59. The maximum absolute atomic E-state index is 12.6. The van der Waals surface area contributed by atoms with E-state index >= 15 is 0 Å². The van der Waals surface area contributed by atoms with Crippen molar-refractivity contribution in [3.63, 3.8) is 0 Å².